The van der Waals surface area contributed by atoms with Gasteiger partial charge >= 0.3 is 0 Å². The molecule has 6 heteroatoms. The third kappa shape index (κ3) is 3.24. The first-order valence-corrected chi connectivity index (χ1v) is 9.59. The third-order valence-corrected chi connectivity index (χ3v) is 5.83. The summed E-state index contributed by atoms with van der Waals surface area (Å²) < 4.78 is 2.98. The molecule has 0 unspecified atom stereocenters. The number of benzene rings is 2. The number of fused-ring (bicyclic) bond motifs is 1. The van der Waals surface area contributed by atoms with Crippen molar-refractivity contribution in [2.24, 2.45) is 0 Å². The van der Waals surface area contributed by atoms with Crippen LogP contribution in [0.15, 0.2) is 54.6 Å². The standard InChI is InChI=1S/C21H20N4OS/c1-14-17(15(2)25(23-14)16-9-5-4-6-10-16)13-20(26)24(3)21-22-18-11-7-8-12-19(18)27-21/h4-12H,13H2,1-3H3. The van der Waals surface area contributed by atoms with Crippen LogP contribution in [0.1, 0.15) is 17.0 Å². The molecule has 0 N–H and O–H groups in total. The van der Waals surface area contributed by atoms with E-state index in [9.17, 15) is 4.79 Å². The van der Waals surface area contributed by atoms with E-state index in [4.69, 9.17) is 0 Å². The second kappa shape index (κ2) is 6.96. The van der Waals surface area contributed by atoms with E-state index in [1.807, 2.05) is 73.1 Å². The Bertz CT molecular complexity index is 1080. The van der Waals surface area contributed by atoms with E-state index < -0.39 is 0 Å². The summed E-state index contributed by atoms with van der Waals surface area (Å²) in [6.45, 7) is 3.96. The van der Waals surface area contributed by atoms with Gasteiger partial charge in [0.1, 0.15) is 0 Å². The van der Waals surface area contributed by atoms with Gasteiger partial charge in [-0.15, -0.1) is 0 Å². The third-order valence-electron chi connectivity index (χ3n) is 4.71. The summed E-state index contributed by atoms with van der Waals surface area (Å²) in [5.74, 6) is 0.00729. The Morgan fingerprint density at radius 1 is 1.07 bits per heavy atom. The first-order chi connectivity index (χ1) is 13.0. The van der Waals surface area contributed by atoms with E-state index in [1.54, 1.807) is 11.9 Å². The van der Waals surface area contributed by atoms with Crippen LogP contribution in [0.3, 0.4) is 0 Å². The molecule has 0 aliphatic rings. The highest BCUT2D eigenvalue weighted by molar-refractivity contribution is 7.22. The number of amides is 1. The fourth-order valence-corrected chi connectivity index (χ4v) is 4.08. The average Bonchev–Trinajstić information content (AvgIpc) is 3.24. The van der Waals surface area contributed by atoms with Crippen molar-refractivity contribution < 1.29 is 4.79 Å². The van der Waals surface area contributed by atoms with E-state index in [1.165, 1.54) is 11.3 Å². The number of thiazole rings is 1. The molecule has 4 aromatic rings. The minimum atomic E-state index is 0.00729. The number of carbonyl (C=O) groups is 1. The van der Waals surface area contributed by atoms with Crippen molar-refractivity contribution in [2.75, 3.05) is 11.9 Å². The highest BCUT2D eigenvalue weighted by Crippen LogP contribution is 2.28. The summed E-state index contributed by atoms with van der Waals surface area (Å²) in [6.07, 6.45) is 0.303. The Hall–Kier alpha value is -2.99. The minimum Gasteiger partial charge on any atom is -0.291 e. The van der Waals surface area contributed by atoms with Crippen LogP contribution in [0.2, 0.25) is 0 Å². The zero-order valence-corrected chi connectivity index (χ0v) is 16.3. The minimum absolute atomic E-state index is 0.00729. The van der Waals surface area contributed by atoms with Crippen LogP contribution in [0, 0.1) is 13.8 Å². The van der Waals surface area contributed by atoms with Crippen molar-refractivity contribution in [1.82, 2.24) is 14.8 Å². The largest absolute Gasteiger partial charge is 0.291 e. The number of para-hydroxylation sites is 2. The molecule has 2 aromatic carbocycles. The van der Waals surface area contributed by atoms with Crippen LogP contribution in [0.4, 0.5) is 5.13 Å². The van der Waals surface area contributed by atoms with E-state index in [0.29, 0.717) is 11.6 Å². The summed E-state index contributed by atoms with van der Waals surface area (Å²) in [5, 5.41) is 5.35. The van der Waals surface area contributed by atoms with Gasteiger partial charge in [0.15, 0.2) is 5.13 Å². The Balaban J connectivity index is 1.60. The van der Waals surface area contributed by atoms with Gasteiger partial charge in [-0.3, -0.25) is 9.69 Å². The van der Waals surface area contributed by atoms with E-state index in [0.717, 1.165) is 32.9 Å². The number of hydrogen-bond donors (Lipinski definition) is 0. The maximum atomic E-state index is 12.9. The molecule has 5 nitrogen and oxygen atoms in total. The molecule has 0 bridgehead atoms. The normalized spacial score (nSPS) is 11.1. The predicted molar refractivity (Wildman–Crippen MR) is 110 cm³/mol. The maximum absolute atomic E-state index is 12.9. The predicted octanol–water partition coefficient (Wildman–Crippen LogP) is 4.30. The van der Waals surface area contributed by atoms with Gasteiger partial charge < -0.3 is 0 Å². The lowest BCUT2D eigenvalue weighted by Gasteiger charge is -2.14. The van der Waals surface area contributed by atoms with Crippen LogP contribution < -0.4 is 4.90 Å². The number of rotatable bonds is 4. The molecule has 0 atom stereocenters. The molecule has 0 spiro atoms. The van der Waals surface area contributed by atoms with Gasteiger partial charge in [0.25, 0.3) is 0 Å². The van der Waals surface area contributed by atoms with Crippen molar-refractivity contribution in [1.29, 1.82) is 0 Å². The van der Waals surface area contributed by atoms with Crippen molar-refractivity contribution in [3.8, 4) is 5.69 Å². The second-order valence-electron chi connectivity index (χ2n) is 6.49. The van der Waals surface area contributed by atoms with Crippen molar-refractivity contribution in [2.45, 2.75) is 20.3 Å². The van der Waals surface area contributed by atoms with Gasteiger partial charge in [-0.05, 0) is 38.1 Å². The smallest absolute Gasteiger partial charge is 0.233 e. The van der Waals surface area contributed by atoms with E-state index >= 15 is 0 Å². The summed E-state index contributed by atoms with van der Waals surface area (Å²) in [6, 6.07) is 17.9. The first kappa shape index (κ1) is 17.4. The summed E-state index contributed by atoms with van der Waals surface area (Å²) >= 11 is 1.53. The van der Waals surface area contributed by atoms with Gasteiger partial charge in [-0.25, -0.2) is 9.67 Å². The van der Waals surface area contributed by atoms with Crippen LogP contribution in [0.5, 0.6) is 0 Å². The van der Waals surface area contributed by atoms with Crippen LogP contribution >= 0.6 is 11.3 Å². The lowest BCUT2D eigenvalue weighted by Crippen LogP contribution is -2.28. The van der Waals surface area contributed by atoms with Gasteiger partial charge in [0.05, 0.1) is 28.0 Å². The Morgan fingerprint density at radius 2 is 1.78 bits per heavy atom. The highest BCUT2D eigenvalue weighted by atomic mass is 32.1. The zero-order chi connectivity index (χ0) is 19.0. The Labute approximate surface area is 161 Å². The molecule has 0 saturated heterocycles. The SMILES string of the molecule is Cc1nn(-c2ccccc2)c(C)c1CC(=O)N(C)c1nc2ccccc2s1. The number of hydrogen-bond acceptors (Lipinski definition) is 4. The summed E-state index contributed by atoms with van der Waals surface area (Å²) in [5.41, 5.74) is 4.75. The first-order valence-electron chi connectivity index (χ1n) is 8.77. The maximum Gasteiger partial charge on any atom is 0.233 e. The lowest BCUT2D eigenvalue weighted by molar-refractivity contribution is -0.117. The molecule has 2 heterocycles. The van der Waals surface area contributed by atoms with Gasteiger partial charge in [-0.2, -0.15) is 5.10 Å². The molecule has 4 rings (SSSR count). The van der Waals surface area contributed by atoms with Crippen LogP contribution in [-0.4, -0.2) is 27.7 Å². The monoisotopic (exact) mass is 376 g/mol. The number of likely N-dealkylation sites (N-methyl/N-ethyl adjacent to an activating group) is 1. The van der Waals surface area contributed by atoms with Crippen LogP contribution in [-0.2, 0) is 11.2 Å². The summed E-state index contributed by atoms with van der Waals surface area (Å²) in [4.78, 5) is 19.1. The van der Waals surface area contributed by atoms with Crippen LogP contribution in [0.25, 0.3) is 15.9 Å². The molecule has 0 saturated carbocycles. The molecule has 136 valence electrons. The van der Waals surface area contributed by atoms with E-state index in [2.05, 4.69) is 10.1 Å². The molecule has 0 fully saturated rings. The highest BCUT2D eigenvalue weighted by Gasteiger charge is 2.20. The molecular weight excluding hydrogens is 356 g/mol. The topological polar surface area (TPSA) is 51.0 Å². The molecule has 0 aliphatic heterocycles. The molecular formula is C21H20N4OS. The fourth-order valence-electron chi connectivity index (χ4n) is 3.13. The zero-order valence-electron chi connectivity index (χ0n) is 15.5. The Kier molecular flexibility index (Phi) is 4.49. The molecule has 0 radical (unpaired) electrons. The number of nitrogens with zero attached hydrogens (tertiary/aromatic N) is 4. The number of carbonyl (C=O) groups excluding carboxylic acids is 1. The molecule has 0 aliphatic carbocycles. The number of aryl methyl sites for hydroxylation is 1. The van der Waals surface area contributed by atoms with Gasteiger partial charge in [0.2, 0.25) is 5.91 Å². The molecule has 2 aromatic heterocycles. The average molecular weight is 376 g/mol. The van der Waals surface area contributed by atoms with Gasteiger partial charge in [-0.1, -0.05) is 41.7 Å². The lowest BCUT2D eigenvalue weighted by atomic mass is 10.1. The fraction of sp³-hybridized carbons (Fsp3) is 0.190. The van der Waals surface area contributed by atoms with Crippen molar-refractivity contribution in [3.63, 3.8) is 0 Å². The van der Waals surface area contributed by atoms with Gasteiger partial charge in [0, 0.05) is 18.3 Å². The molecule has 1 amide bonds. The quantitative estimate of drug-likeness (QED) is 0.533. The number of anilines is 1. The Morgan fingerprint density at radius 3 is 2.52 bits per heavy atom. The second-order valence-corrected chi connectivity index (χ2v) is 7.50. The molecule has 27 heavy (non-hydrogen) atoms. The number of aromatic nitrogens is 3. The van der Waals surface area contributed by atoms with Crippen molar-refractivity contribution >= 4 is 32.6 Å². The summed E-state index contributed by atoms with van der Waals surface area (Å²) in [7, 11) is 1.78. The van der Waals surface area contributed by atoms with Crippen molar-refractivity contribution in [3.05, 3.63) is 71.5 Å². The van der Waals surface area contributed by atoms with E-state index in [-0.39, 0.29) is 5.91 Å².